The zero-order valence-electron chi connectivity index (χ0n) is 10.3. The van der Waals surface area contributed by atoms with E-state index in [0.717, 1.165) is 31.7 Å². The average molecular weight is 271 g/mol. The van der Waals surface area contributed by atoms with Crippen molar-refractivity contribution in [1.82, 2.24) is 10.2 Å². The molecule has 18 heavy (non-hydrogen) atoms. The Labute approximate surface area is 112 Å². The average Bonchev–Trinajstić information content (AvgIpc) is 2.40. The molecule has 0 aliphatic carbocycles. The van der Waals surface area contributed by atoms with Crippen LogP contribution in [0, 0.1) is 0 Å². The van der Waals surface area contributed by atoms with Crippen LogP contribution in [0.5, 0.6) is 5.75 Å². The van der Waals surface area contributed by atoms with E-state index in [1.54, 1.807) is 18.2 Å². The maximum atomic E-state index is 9.98. The zero-order valence-corrected chi connectivity index (χ0v) is 11.0. The number of nitrogens with one attached hydrogen (secondary N) is 1. The molecule has 2 rings (SSSR count). The first-order valence-corrected chi connectivity index (χ1v) is 6.64. The normalized spacial score (nSPS) is 18.8. The number of phenols is 1. The Morgan fingerprint density at radius 2 is 2.06 bits per heavy atom. The molecule has 0 radical (unpaired) electrons. The molecule has 100 valence electrons. The van der Waals surface area contributed by atoms with Crippen molar-refractivity contribution >= 4 is 11.6 Å². The van der Waals surface area contributed by atoms with Gasteiger partial charge in [0.2, 0.25) is 0 Å². The summed E-state index contributed by atoms with van der Waals surface area (Å²) in [7, 11) is 0. The molecule has 1 aliphatic rings. The molecule has 1 fully saturated rings. The topological polar surface area (TPSA) is 55.7 Å². The van der Waals surface area contributed by atoms with E-state index < -0.39 is 0 Å². The Morgan fingerprint density at radius 3 is 2.72 bits per heavy atom. The predicted octanol–water partition coefficient (Wildman–Crippen LogP) is 1.37. The summed E-state index contributed by atoms with van der Waals surface area (Å²) in [6.07, 6.45) is 0.605. The maximum absolute atomic E-state index is 9.98. The van der Waals surface area contributed by atoms with Gasteiger partial charge in [0.05, 0.1) is 0 Å². The number of aliphatic hydroxyl groups is 1. The van der Waals surface area contributed by atoms with Crippen LogP contribution in [0.25, 0.3) is 0 Å². The molecule has 5 heteroatoms. The Kier molecular flexibility index (Phi) is 4.83. The number of phenolic OH excluding ortho intramolecular Hbond substituents is 1. The molecule has 0 unspecified atom stereocenters. The van der Waals surface area contributed by atoms with E-state index in [0.29, 0.717) is 11.4 Å². The highest BCUT2D eigenvalue weighted by molar-refractivity contribution is 6.30. The van der Waals surface area contributed by atoms with Gasteiger partial charge in [0.25, 0.3) is 0 Å². The van der Waals surface area contributed by atoms with Crippen LogP contribution < -0.4 is 5.32 Å². The number of piperazine rings is 1. The summed E-state index contributed by atoms with van der Waals surface area (Å²) in [6.45, 7) is 3.79. The fraction of sp³-hybridized carbons (Fsp3) is 0.538. The van der Waals surface area contributed by atoms with Crippen molar-refractivity contribution < 1.29 is 10.2 Å². The third-order valence-electron chi connectivity index (χ3n) is 3.34. The first-order valence-electron chi connectivity index (χ1n) is 6.26. The monoisotopic (exact) mass is 270 g/mol. The number of halogens is 1. The summed E-state index contributed by atoms with van der Waals surface area (Å²) < 4.78 is 0. The molecule has 3 N–H and O–H groups in total. The Hall–Kier alpha value is -0.810. The second-order valence-corrected chi connectivity index (χ2v) is 4.95. The lowest BCUT2D eigenvalue weighted by Gasteiger charge is -2.35. The SMILES string of the molecule is OCC[C@H](c1cc(Cl)ccc1O)N1CCNCC1. The molecule has 1 aromatic carbocycles. The second-order valence-electron chi connectivity index (χ2n) is 4.52. The molecule has 0 spiro atoms. The summed E-state index contributed by atoms with van der Waals surface area (Å²) in [5.74, 6) is 0.247. The highest BCUT2D eigenvalue weighted by atomic mass is 35.5. The Balaban J connectivity index is 2.24. The van der Waals surface area contributed by atoms with Crippen molar-refractivity contribution in [3.8, 4) is 5.75 Å². The van der Waals surface area contributed by atoms with Crippen LogP contribution in [-0.2, 0) is 0 Å². The van der Waals surface area contributed by atoms with E-state index in [1.165, 1.54) is 0 Å². The summed E-state index contributed by atoms with van der Waals surface area (Å²) >= 11 is 6.00. The first kappa shape index (κ1) is 13.6. The van der Waals surface area contributed by atoms with Crippen LogP contribution in [0.2, 0.25) is 5.02 Å². The van der Waals surface area contributed by atoms with Gasteiger partial charge in [0, 0.05) is 49.4 Å². The highest BCUT2D eigenvalue weighted by Gasteiger charge is 2.24. The molecular weight excluding hydrogens is 252 g/mol. The van der Waals surface area contributed by atoms with Crippen LogP contribution in [0.3, 0.4) is 0 Å². The Morgan fingerprint density at radius 1 is 1.33 bits per heavy atom. The largest absolute Gasteiger partial charge is 0.508 e. The number of rotatable bonds is 4. The van der Waals surface area contributed by atoms with Gasteiger partial charge < -0.3 is 15.5 Å². The van der Waals surface area contributed by atoms with E-state index >= 15 is 0 Å². The molecule has 4 nitrogen and oxygen atoms in total. The third kappa shape index (κ3) is 3.14. The molecule has 1 saturated heterocycles. The molecule has 0 saturated carbocycles. The van der Waals surface area contributed by atoms with Gasteiger partial charge in [0.1, 0.15) is 5.75 Å². The minimum atomic E-state index is 0.0239. The molecular formula is C13H19ClN2O2. The van der Waals surface area contributed by atoms with Crippen LogP contribution in [-0.4, -0.2) is 47.9 Å². The molecule has 1 aliphatic heterocycles. The van der Waals surface area contributed by atoms with Crippen molar-refractivity contribution in [3.05, 3.63) is 28.8 Å². The number of aliphatic hydroxyl groups excluding tert-OH is 1. The summed E-state index contributed by atoms with van der Waals surface area (Å²) in [5.41, 5.74) is 0.804. The molecule has 1 atom stereocenters. The minimum Gasteiger partial charge on any atom is -0.508 e. The van der Waals surface area contributed by atoms with Gasteiger partial charge in [-0.05, 0) is 24.6 Å². The first-order chi connectivity index (χ1) is 8.72. The lowest BCUT2D eigenvalue weighted by atomic mass is 10.0. The summed E-state index contributed by atoms with van der Waals surface area (Å²) in [5, 5.41) is 23.1. The van der Waals surface area contributed by atoms with Gasteiger partial charge in [-0.3, -0.25) is 4.90 Å². The molecule has 0 aromatic heterocycles. The minimum absolute atomic E-state index is 0.0239. The van der Waals surface area contributed by atoms with Gasteiger partial charge in [0.15, 0.2) is 0 Å². The van der Waals surface area contributed by atoms with Crippen LogP contribution in [0.4, 0.5) is 0 Å². The van der Waals surface area contributed by atoms with Crippen LogP contribution in [0.15, 0.2) is 18.2 Å². The van der Waals surface area contributed by atoms with E-state index in [9.17, 15) is 10.2 Å². The van der Waals surface area contributed by atoms with E-state index in [-0.39, 0.29) is 18.4 Å². The summed E-state index contributed by atoms with van der Waals surface area (Å²) in [4.78, 5) is 2.28. The molecule has 0 bridgehead atoms. The fourth-order valence-corrected chi connectivity index (χ4v) is 2.62. The van der Waals surface area contributed by atoms with Crippen molar-refractivity contribution in [2.24, 2.45) is 0 Å². The molecule has 1 heterocycles. The smallest absolute Gasteiger partial charge is 0.120 e. The standard InChI is InChI=1S/C13H19ClN2O2/c14-10-1-2-13(18)11(9-10)12(3-8-17)16-6-4-15-5-7-16/h1-2,9,12,15,17-18H,3-8H2/t12-/m1/s1. The summed E-state index contributed by atoms with van der Waals surface area (Å²) in [6, 6.07) is 5.10. The van der Waals surface area contributed by atoms with Crippen molar-refractivity contribution in [1.29, 1.82) is 0 Å². The zero-order chi connectivity index (χ0) is 13.0. The third-order valence-corrected chi connectivity index (χ3v) is 3.58. The quantitative estimate of drug-likeness (QED) is 0.774. The van der Waals surface area contributed by atoms with E-state index in [2.05, 4.69) is 10.2 Å². The van der Waals surface area contributed by atoms with E-state index in [1.807, 2.05) is 0 Å². The highest BCUT2D eigenvalue weighted by Crippen LogP contribution is 2.33. The van der Waals surface area contributed by atoms with Gasteiger partial charge in [-0.15, -0.1) is 0 Å². The second kappa shape index (κ2) is 6.38. The molecule has 0 amide bonds. The number of hydrogen-bond donors (Lipinski definition) is 3. The van der Waals surface area contributed by atoms with Crippen molar-refractivity contribution in [3.63, 3.8) is 0 Å². The fourth-order valence-electron chi connectivity index (χ4n) is 2.44. The van der Waals surface area contributed by atoms with Crippen molar-refractivity contribution in [2.75, 3.05) is 32.8 Å². The predicted molar refractivity (Wildman–Crippen MR) is 72.0 cm³/mol. The lowest BCUT2D eigenvalue weighted by molar-refractivity contribution is 0.139. The molecule has 1 aromatic rings. The van der Waals surface area contributed by atoms with Crippen molar-refractivity contribution in [2.45, 2.75) is 12.5 Å². The number of benzene rings is 1. The van der Waals surface area contributed by atoms with Gasteiger partial charge in [-0.25, -0.2) is 0 Å². The Bertz CT molecular complexity index is 395. The van der Waals surface area contributed by atoms with Gasteiger partial charge in [-0.2, -0.15) is 0 Å². The lowest BCUT2D eigenvalue weighted by Crippen LogP contribution is -2.45. The number of nitrogens with zero attached hydrogens (tertiary/aromatic N) is 1. The van der Waals surface area contributed by atoms with Gasteiger partial charge in [-0.1, -0.05) is 11.6 Å². The van der Waals surface area contributed by atoms with Crippen LogP contribution >= 0.6 is 11.6 Å². The van der Waals surface area contributed by atoms with E-state index in [4.69, 9.17) is 11.6 Å². The van der Waals surface area contributed by atoms with Crippen LogP contribution in [0.1, 0.15) is 18.0 Å². The van der Waals surface area contributed by atoms with Gasteiger partial charge >= 0.3 is 0 Å². The number of hydrogen-bond acceptors (Lipinski definition) is 4. The maximum Gasteiger partial charge on any atom is 0.120 e. The number of aromatic hydroxyl groups is 1.